The van der Waals surface area contributed by atoms with E-state index in [-0.39, 0.29) is 25.1 Å². The summed E-state index contributed by atoms with van der Waals surface area (Å²) in [5.41, 5.74) is -1.15. The SMILES string of the molecule is CCOC(=O)C(C)(C)C(=O)COCC1CCCO1. The average molecular weight is 258 g/mol. The Morgan fingerprint density at radius 1 is 1.39 bits per heavy atom. The summed E-state index contributed by atoms with van der Waals surface area (Å²) in [6.45, 7) is 6.19. The smallest absolute Gasteiger partial charge is 0.319 e. The second kappa shape index (κ2) is 6.85. The Kier molecular flexibility index (Phi) is 5.75. The van der Waals surface area contributed by atoms with Crippen LogP contribution >= 0.6 is 0 Å². The predicted octanol–water partition coefficient (Wildman–Crippen LogP) is 1.34. The molecular formula is C13H22O5. The molecule has 1 atom stereocenters. The van der Waals surface area contributed by atoms with Gasteiger partial charge in [0.2, 0.25) is 0 Å². The lowest BCUT2D eigenvalue weighted by Gasteiger charge is -2.21. The number of ether oxygens (including phenoxy) is 3. The molecule has 1 fully saturated rings. The summed E-state index contributed by atoms with van der Waals surface area (Å²) in [5.74, 6) is -0.769. The van der Waals surface area contributed by atoms with Crippen molar-refractivity contribution in [2.75, 3.05) is 26.4 Å². The van der Waals surface area contributed by atoms with Crippen LogP contribution in [0.5, 0.6) is 0 Å². The number of carbonyl (C=O) groups is 2. The molecule has 0 aromatic rings. The molecule has 1 rings (SSSR count). The maximum Gasteiger partial charge on any atom is 0.319 e. The normalized spacial score (nSPS) is 19.8. The van der Waals surface area contributed by atoms with Crippen molar-refractivity contribution in [1.29, 1.82) is 0 Å². The second-order valence-corrected chi connectivity index (χ2v) is 4.92. The quantitative estimate of drug-likeness (QED) is 0.509. The molecule has 0 bridgehead atoms. The lowest BCUT2D eigenvalue weighted by Crippen LogP contribution is -2.38. The monoisotopic (exact) mass is 258 g/mol. The fraction of sp³-hybridized carbons (Fsp3) is 0.846. The predicted molar refractivity (Wildman–Crippen MR) is 65.2 cm³/mol. The zero-order valence-electron chi connectivity index (χ0n) is 11.4. The third-order valence-electron chi connectivity index (χ3n) is 3.04. The Bertz CT molecular complexity index is 292. The van der Waals surface area contributed by atoms with Crippen LogP contribution < -0.4 is 0 Å². The molecule has 0 amide bonds. The van der Waals surface area contributed by atoms with Gasteiger partial charge in [0.1, 0.15) is 12.0 Å². The Hall–Kier alpha value is -0.940. The van der Waals surface area contributed by atoms with Gasteiger partial charge in [0.15, 0.2) is 5.78 Å². The molecule has 1 heterocycles. The van der Waals surface area contributed by atoms with Crippen LogP contribution in [-0.4, -0.2) is 44.3 Å². The van der Waals surface area contributed by atoms with Gasteiger partial charge in [0.05, 0.1) is 19.3 Å². The molecule has 5 heteroatoms. The summed E-state index contributed by atoms with van der Waals surface area (Å²) in [7, 11) is 0. The van der Waals surface area contributed by atoms with Crippen molar-refractivity contribution < 1.29 is 23.8 Å². The van der Waals surface area contributed by atoms with E-state index in [1.807, 2.05) is 0 Å². The number of hydrogen-bond acceptors (Lipinski definition) is 5. The molecule has 104 valence electrons. The van der Waals surface area contributed by atoms with Crippen LogP contribution in [0.2, 0.25) is 0 Å². The Morgan fingerprint density at radius 2 is 2.11 bits per heavy atom. The molecule has 0 aliphatic carbocycles. The highest BCUT2D eigenvalue weighted by molar-refractivity contribution is 6.03. The first-order valence-corrected chi connectivity index (χ1v) is 6.38. The van der Waals surface area contributed by atoms with E-state index in [9.17, 15) is 9.59 Å². The molecular weight excluding hydrogens is 236 g/mol. The van der Waals surface area contributed by atoms with E-state index in [0.29, 0.717) is 6.61 Å². The van der Waals surface area contributed by atoms with Gasteiger partial charge in [0, 0.05) is 6.61 Å². The molecule has 1 saturated heterocycles. The first kappa shape index (κ1) is 15.1. The molecule has 1 aliphatic heterocycles. The Morgan fingerprint density at radius 3 is 2.67 bits per heavy atom. The van der Waals surface area contributed by atoms with Gasteiger partial charge in [-0.2, -0.15) is 0 Å². The molecule has 1 aliphatic rings. The van der Waals surface area contributed by atoms with E-state index in [2.05, 4.69) is 0 Å². The summed E-state index contributed by atoms with van der Waals surface area (Å²) in [6.07, 6.45) is 2.09. The highest BCUT2D eigenvalue weighted by Crippen LogP contribution is 2.19. The van der Waals surface area contributed by atoms with Crippen LogP contribution in [0.4, 0.5) is 0 Å². The van der Waals surface area contributed by atoms with Crippen molar-refractivity contribution in [3.63, 3.8) is 0 Å². The van der Waals surface area contributed by atoms with E-state index in [0.717, 1.165) is 19.4 Å². The largest absolute Gasteiger partial charge is 0.465 e. The fourth-order valence-electron chi connectivity index (χ4n) is 1.66. The Labute approximate surface area is 108 Å². The molecule has 1 unspecified atom stereocenters. The topological polar surface area (TPSA) is 61.8 Å². The third kappa shape index (κ3) is 4.07. The minimum Gasteiger partial charge on any atom is -0.465 e. The standard InChI is InChI=1S/C13H22O5/c1-4-17-12(15)13(2,3)11(14)9-16-8-10-6-5-7-18-10/h10H,4-9H2,1-3H3. The fourth-order valence-corrected chi connectivity index (χ4v) is 1.66. The zero-order chi connectivity index (χ0) is 13.6. The third-order valence-corrected chi connectivity index (χ3v) is 3.04. The number of rotatable bonds is 7. The van der Waals surface area contributed by atoms with Crippen molar-refractivity contribution >= 4 is 11.8 Å². The van der Waals surface area contributed by atoms with Crippen molar-refractivity contribution in [2.24, 2.45) is 5.41 Å². The number of Topliss-reactive ketones (excluding diaryl/α,β-unsaturated/α-hetero) is 1. The van der Waals surface area contributed by atoms with Crippen LogP contribution in [0.25, 0.3) is 0 Å². The number of hydrogen-bond donors (Lipinski definition) is 0. The lowest BCUT2D eigenvalue weighted by molar-refractivity contribution is -0.159. The summed E-state index contributed by atoms with van der Waals surface area (Å²) >= 11 is 0. The van der Waals surface area contributed by atoms with Crippen molar-refractivity contribution in [1.82, 2.24) is 0 Å². The van der Waals surface area contributed by atoms with Gasteiger partial charge in [-0.3, -0.25) is 9.59 Å². The number of ketones is 1. The molecule has 0 saturated carbocycles. The molecule has 0 N–H and O–H groups in total. The van der Waals surface area contributed by atoms with Gasteiger partial charge in [-0.1, -0.05) is 0 Å². The van der Waals surface area contributed by atoms with Crippen LogP contribution in [-0.2, 0) is 23.8 Å². The van der Waals surface area contributed by atoms with Crippen LogP contribution in [0, 0.1) is 5.41 Å². The maximum atomic E-state index is 11.9. The minimum absolute atomic E-state index is 0.0777. The summed E-state index contributed by atoms with van der Waals surface area (Å²) in [4.78, 5) is 23.5. The Balaban J connectivity index is 2.31. The molecule has 0 spiro atoms. The van der Waals surface area contributed by atoms with E-state index < -0.39 is 11.4 Å². The first-order chi connectivity index (χ1) is 8.48. The molecule has 0 aromatic heterocycles. The highest BCUT2D eigenvalue weighted by atomic mass is 16.5. The molecule has 18 heavy (non-hydrogen) atoms. The summed E-state index contributed by atoms with van der Waals surface area (Å²) in [5, 5.41) is 0. The van der Waals surface area contributed by atoms with Gasteiger partial charge in [-0.15, -0.1) is 0 Å². The van der Waals surface area contributed by atoms with Crippen LogP contribution in [0.3, 0.4) is 0 Å². The van der Waals surface area contributed by atoms with E-state index in [4.69, 9.17) is 14.2 Å². The van der Waals surface area contributed by atoms with Crippen molar-refractivity contribution in [2.45, 2.75) is 39.7 Å². The van der Waals surface area contributed by atoms with Gasteiger partial charge in [-0.05, 0) is 33.6 Å². The lowest BCUT2D eigenvalue weighted by atomic mass is 9.88. The van der Waals surface area contributed by atoms with E-state index >= 15 is 0 Å². The van der Waals surface area contributed by atoms with Crippen molar-refractivity contribution in [3.8, 4) is 0 Å². The summed E-state index contributed by atoms with van der Waals surface area (Å²) in [6, 6.07) is 0. The highest BCUT2D eigenvalue weighted by Gasteiger charge is 2.37. The zero-order valence-corrected chi connectivity index (χ0v) is 11.4. The molecule has 5 nitrogen and oxygen atoms in total. The van der Waals surface area contributed by atoms with Gasteiger partial charge >= 0.3 is 5.97 Å². The summed E-state index contributed by atoms with van der Waals surface area (Å²) < 4.78 is 15.6. The van der Waals surface area contributed by atoms with Gasteiger partial charge in [0.25, 0.3) is 0 Å². The van der Waals surface area contributed by atoms with Crippen molar-refractivity contribution in [3.05, 3.63) is 0 Å². The minimum atomic E-state index is -1.15. The molecule has 0 radical (unpaired) electrons. The molecule has 0 aromatic carbocycles. The van der Waals surface area contributed by atoms with Crippen LogP contribution in [0.15, 0.2) is 0 Å². The second-order valence-electron chi connectivity index (χ2n) is 4.92. The van der Waals surface area contributed by atoms with E-state index in [1.54, 1.807) is 20.8 Å². The number of carbonyl (C=O) groups excluding carboxylic acids is 2. The average Bonchev–Trinajstić information content (AvgIpc) is 2.82. The van der Waals surface area contributed by atoms with Crippen LogP contribution in [0.1, 0.15) is 33.6 Å². The first-order valence-electron chi connectivity index (χ1n) is 6.38. The van der Waals surface area contributed by atoms with Gasteiger partial charge < -0.3 is 14.2 Å². The van der Waals surface area contributed by atoms with Gasteiger partial charge in [-0.25, -0.2) is 0 Å². The van der Waals surface area contributed by atoms with E-state index in [1.165, 1.54) is 0 Å². The maximum absolute atomic E-state index is 11.9. The number of esters is 1.